The number of methoxy groups -OCH3 is 1. The fraction of sp³-hybridized carbons (Fsp3) is 0.111. The molecule has 0 spiro atoms. The zero-order chi connectivity index (χ0) is 15.5. The van der Waals surface area contributed by atoms with Gasteiger partial charge in [-0.25, -0.2) is 9.79 Å². The third-order valence-electron chi connectivity index (χ3n) is 3.42. The molecule has 110 valence electrons. The van der Waals surface area contributed by atoms with E-state index in [4.69, 9.17) is 9.47 Å². The molecule has 3 rings (SSSR count). The first kappa shape index (κ1) is 14.1. The Morgan fingerprint density at radius 3 is 2.50 bits per heavy atom. The Morgan fingerprint density at radius 1 is 1.09 bits per heavy atom. The summed E-state index contributed by atoms with van der Waals surface area (Å²) in [5, 5.41) is 0. The van der Waals surface area contributed by atoms with Gasteiger partial charge in [0.2, 0.25) is 5.90 Å². The largest absolute Gasteiger partial charge is 0.497 e. The fourth-order valence-electron chi connectivity index (χ4n) is 2.20. The summed E-state index contributed by atoms with van der Waals surface area (Å²) in [4.78, 5) is 16.3. The highest BCUT2D eigenvalue weighted by Crippen LogP contribution is 2.21. The van der Waals surface area contributed by atoms with Crippen molar-refractivity contribution in [1.82, 2.24) is 0 Å². The predicted molar refractivity (Wildman–Crippen MR) is 84.8 cm³/mol. The first-order valence-electron chi connectivity index (χ1n) is 6.90. The van der Waals surface area contributed by atoms with E-state index < -0.39 is 5.97 Å². The Balaban J connectivity index is 1.92. The van der Waals surface area contributed by atoms with E-state index in [9.17, 15) is 4.79 Å². The van der Waals surface area contributed by atoms with E-state index >= 15 is 0 Å². The first-order valence-corrected chi connectivity index (χ1v) is 6.90. The van der Waals surface area contributed by atoms with Crippen LogP contribution in [0.4, 0.5) is 0 Å². The maximum absolute atomic E-state index is 12.0. The highest BCUT2D eigenvalue weighted by atomic mass is 16.6. The van der Waals surface area contributed by atoms with Crippen LogP contribution in [0.5, 0.6) is 5.75 Å². The molecule has 0 unspecified atom stereocenters. The lowest BCUT2D eigenvalue weighted by Crippen LogP contribution is -2.06. The predicted octanol–water partition coefficient (Wildman–Crippen LogP) is 3.35. The van der Waals surface area contributed by atoms with E-state index in [0.29, 0.717) is 11.6 Å². The summed E-state index contributed by atoms with van der Waals surface area (Å²) in [5.74, 6) is 0.678. The highest BCUT2D eigenvalue weighted by molar-refractivity contribution is 6.13. The van der Waals surface area contributed by atoms with Crippen LogP contribution in [0, 0.1) is 6.92 Å². The maximum atomic E-state index is 12.0. The normalized spacial score (nSPS) is 15.6. The molecular formula is C18H15NO3. The Hall–Kier alpha value is -2.88. The van der Waals surface area contributed by atoms with E-state index in [0.717, 1.165) is 22.4 Å². The van der Waals surface area contributed by atoms with Gasteiger partial charge >= 0.3 is 5.97 Å². The monoisotopic (exact) mass is 293 g/mol. The number of carbonyl (C=O) groups is 1. The average Bonchev–Trinajstić information content (AvgIpc) is 2.89. The molecule has 0 bridgehead atoms. The molecule has 0 aromatic heterocycles. The van der Waals surface area contributed by atoms with Crippen LogP contribution in [-0.4, -0.2) is 19.0 Å². The SMILES string of the molecule is COc1ccc(C=C2N=C(c3ccccc3C)OC2=O)cc1. The molecule has 22 heavy (non-hydrogen) atoms. The van der Waals surface area contributed by atoms with Crippen LogP contribution < -0.4 is 4.74 Å². The van der Waals surface area contributed by atoms with Gasteiger partial charge in [-0.05, 0) is 42.3 Å². The van der Waals surface area contributed by atoms with Crippen LogP contribution in [0.15, 0.2) is 59.2 Å². The Morgan fingerprint density at radius 2 is 1.82 bits per heavy atom. The molecule has 0 saturated carbocycles. The number of rotatable bonds is 3. The van der Waals surface area contributed by atoms with Crippen molar-refractivity contribution in [3.8, 4) is 5.75 Å². The molecule has 4 heteroatoms. The average molecular weight is 293 g/mol. The summed E-state index contributed by atoms with van der Waals surface area (Å²) in [6.45, 7) is 1.96. The topological polar surface area (TPSA) is 47.9 Å². The van der Waals surface area contributed by atoms with Crippen LogP contribution in [0.25, 0.3) is 6.08 Å². The van der Waals surface area contributed by atoms with Gasteiger partial charge in [0, 0.05) is 5.56 Å². The fourth-order valence-corrected chi connectivity index (χ4v) is 2.20. The van der Waals surface area contributed by atoms with Gasteiger partial charge in [-0.1, -0.05) is 30.3 Å². The number of carbonyl (C=O) groups excluding carboxylic acids is 1. The van der Waals surface area contributed by atoms with Crippen molar-refractivity contribution >= 4 is 17.9 Å². The van der Waals surface area contributed by atoms with Crippen molar-refractivity contribution in [1.29, 1.82) is 0 Å². The van der Waals surface area contributed by atoms with Crippen LogP contribution in [-0.2, 0) is 9.53 Å². The molecule has 4 nitrogen and oxygen atoms in total. The highest BCUT2D eigenvalue weighted by Gasteiger charge is 2.24. The van der Waals surface area contributed by atoms with Crippen molar-refractivity contribution < 1.29 is 14.3 Å². The number of ether oxygens (including phenoxy) is 2. The van der Waals surface area contributed by atoms with E-state index in [1.807, 2.05) is 55.5 Å². The zero-order valence-corrected chi connectivity index (χ0v) is 12.4. The summed E-state index contributed by atoms with van der Waals surface area (Å²) < 4.78 is 10.4. The molecule has 2 aromatic rings. The summed E-state index contributed by atoms with van der Waals surface area (Å²) in [5.41, 5.74) is 3.00. The maximum Gasteiger partial charge on any atom is 0.363 e. The van der Waals surface area contributed by atoms with E-state index in [2.05, 4.69) is 4.99 Å². The molecule has 0 amide bonds. The minimum absolute atomic E-state index is 0.295. The minimum atomic E-state index is -0.436. The molecule has 0 radical (unpaired) electrons. The van der Waals surface area contributed by atoms with Gasteiger partial charge in [0.25, 0.3) is 0 Å². The molecule has 1 aliphatic heterocycles. The smallest absolute Gasteiger partial charge is 0.363 e. The number of benzene rings is 2. The Bertz CT molecular complexity index is 773. The van der Waals surface area contributed by atoms with Crippen molar-refractivity contribution in [2.45, 2.75) is 6.92 Å². The van der Waals surface area contributed by atoms with E-state index in [1.165, 1.54) is 0 Å². The molecule has 0 aliphatic carbocycles. The molecule has 1 heterocycles. The second-order valence-corrected chi connectivity index (χ2v) is 4.92. The van der Waals surface area contributed by atoms with Crippen LogP contribution >= 0.6 is 0 Å². The van der Waals surface area contributed by atoms with Crippen molar-refractivity contribution in [3.05, 3.63) is 70.9 Å². The Labute approximate surface area is 128 Å². The van der Waals surface area contributed by atoms with Gasteiger partial charge in [0.1, 0.15) is 5.75 Å². The van der Waals surface area contributed by atoms with Crippen molar-refractivity contribution in [3.63, 3.8) is 0 Å². The number of esters is 1. The van der Waals surface area contributed by atoms with Gasteiger partial charge in [0.15, 0.2) is 5.70 Å². The van der Waals surface area contributed by atoms with Gasteiger partial charge in [-0.2, -0.15) is 0 Å². The third-order valence-corrected chi connectivity index (χ3v) is 3.42. The molecule has 0 fully saturated rings. The lowest BCUT2D eigenvalue weighted by atomic mass is 10.1. The number of hydrogen-bond acceptors (Lipinski definition) is 4. The van der Waals surface area contributed by atoms with Gasteiger partial charge in [-0.15, -0.1) is 0 Å². The van der Waals surface area contributed by atoms with E-state index in [1.54, 1.807) is 13.2 Å². The second kappa shape index (κ2) is 5.85. The van der Waals surface area contributed by atoms with Crippen LogP contribution in [0.3, 0.4) is 0 Å². The Kier molecular flexibility index (Phi) is 3.74. The summed E-state index contributed by atoms with van der Waals surface area (Å²) in [7, 11) is 1.61. The van der Waals surface area contributed by atoms with Gasteiger partial charge < -0.3 is 9.47 Å². The number of nitrogens with zero attached hydrogens (tertiary/aromatic N) is 1. The summed E-state index contributed by atoms with van der Waals surface area (Å²) in [6, 6.07) is 15.1. The van der Waals surface area contributed by atoms with E-state index in [-0.39, 0.29) is 0 Å². The van der Waals surface area contributed by atoms with Crippen LogP contribution in [0.1, 0.15) is 16.7 Å². The zero-order valence-electron chi connectivity index (χ0n) is 12.4. The van der Waals surface area contributed by atoms with Crippen molar-refractivity contribution in [2.24, 2.45) is 4.99 Å². The molecule has 0 saturated heterocycles. The number of aliphatic imine (C=N–C) groups is 1. The lowest BCUT2D eigenvalue weighted by molar-refractivity contribution is -0.129. The van der Waals surface area contributed by atoms with Gasteiger partial charge in [0.05, 0.1) is 7.11 Å². The number of cyclic esters (lactones) is 1. The van der Waals surface area contributed by atoms with Crippen molar-refractivity contribution in [2.75, 3.05) is 7.11 Å². The molecular weight excluding hydrogens is 278 g/mol. The standard InChI is InChI=1S/C18H15NO3/c1-12-5-3-4-6-15(12)17-19-16(18(20)22-17)11-13-7-9-14(21-2)10-8-13/h3-11H,1-2H3. The van der Waals surface area contributed by atoms with Gasteiger partial charge in [-0.3, -0.25) is 0 Å². The lowest BCUT2D eigenvalue weighted by Gasteiger charge is -2.02. The number of hydrogen-bond donors (Lipinski definition) is 0. The molecule has 1 aliphatic rings. The quantitative estimate of drug-likeness (QED) is 0.644. The number of aryl methyl sites for hydroxylation is 1. The summed E-state index contributed by atoms with van der Waals surface area (Å²) >= 11 is 0. The van der Waals surface area contributed by atoms with Crippen LogP contribution in [0.2, 0.25) is 0 Å². The third kappa shape index (κ3) is 2.76. The second-order valence-electron chi connectivity index (χ2n) is 4.92. The first-order chi connectivity index (χ1) is 10.7. The molecule has 0 N–H and O–H groups in total. The molecule has 0 atom stereocenters. The minimum Gasteiger partial charge on any atom is -0.497 e. The summed E-state index contributed by atoms with van der Waals surface area (Å²) in [6.07, 6.45) is 1.70. The molecule has 2 aromatic carbocycles.